The molecule has 3 aromatic rings. The van der Waals surface area contributed by atoms with Crippen molar-refractivity contribution in [3.8, 4) is 11.5 Å². The van der Waals surface area contributed by atoms with E-state index in [2.05, 4.69) is 0 Å². The number of hydrogen-bond donors (Lipinski definition) is 0. The fraction of sp³-hybridized carbons (Fsp3) is 0.174. The van der Waals surface area contributed by atoms with Crippen molar-refractivity contribution >= 4 is 6.08 Å². The Morgan fingerprint density at radius 2 is 1.81 bits per heavy atom. The van der Waals surface area contributed by atoms with Crippen molar-refractivity contribution in [2.75, 3.05) is 6.61 Å². The Morgan fingerprint density at radius 3 is 2.67 bits per heavy atom. The lowest BCUT2D eigenvalue weighted by Gasteiger charge is -2.32. The molecule has 2 aliphatic heterocycles. The van der Waals surface area contributed by atoms with Crippen molar-refractivity contribution in [1.82, 2.24) is 4.57 Å². The van der Waals surface area contributed by atoms with Gasteiger partial charge in [-0.2, -0.15) is 0 Å². The molecule has 2 aromatic carbocycles. The van der Waals surface area contributed by atoms with E-state index in [9.17, 15) is 4.79 Å². The maximum absolute atomic E-state index is 13.2. The average molecular weight is 357 g/mol. The van der Waals surface area contributed by atoms with E-state index in [1.807, 2.05) is 73.7 Å². The molecule has 0 N–H and O–H groups in total. The SMILES string of the molecule is Cc1cc2c(c(=O)n1Cc1ccccc1)C=C1COc3ccccc3[C@H]1O2. The number of para-hydroxylation sites is 1. The van der Waals surface area contributed by atoms with Crippen molar-refractivity contribution in [3.05, 3.63) is 99.0 Å². The summed E-state index contributed by atoms with van der Waals surface area (Å²) in [7, 11) is 0. The van der Waals surface area contributed by atoms with Crippen LogP contribution in [0.4, 0.5) is 0 Å². The third kappa shape index (κ3) is 2.65. The van der Waals surface area contributed by atoms with Gasteiger partial charge in [0.1, 0.15) is 18.1 Å². The molecule has 2 aliphatic rings. The summed E-state index contributed by atoms with van der Waals surface area (Å²) >= 11 is 0. The molecular formula is C23H19NO3. The topological polar surface area (TPSA) is 40.5 Å². The van der Waals surface area contributed by atoms with Crippen LogP contribution in [-0.4, -0.2) is 11.2 Å². The van der Waals surface area contributed by atoms with Crippen LogP contribution in [0.5, 0.6) is 11.5 Å². The molecule has 0 amide bonds. The first-order valence-corrected chi connectivity index (χ1v) is 9.08. The summed E-state index contributed by atoms with van der Waals surface area (Å²) in [4.78, 5) is 13.2. The molecule has 0 fully saturated rings. The van der Waals surface area contributed by atoms with E-state index in [0.29, 0.717) is 24.5 Å². The van der Waals surface area contributed by atoms with Gasteiger partial charge in [-0.25, -0.2) is 0 Å². The van der Waals surface area contributed by atoms with Crippen LogP contribution in [-0.2, 0) is 6.54 Å². The smallest absolute Gasteiger partial charge is 0.262 e. The summed E-state index contributed by atoms with van der Waals surface area (Å²) in [6.07, 6.45) is 1.76. The first-order chi connectivity index (χ1) is 13.2. The summed E-state index contributed by atoms with van der Waals surface area (Å²) in [5.74, 6) is 1.49. The number of benzene rings is 2. The monoisotopic (exact) mass is 357 g/mol. The van der Waals surface area contributed by atoms with Gasteiger partial charge in [-0.05, 0) is 24.6 Å². The van der Waals surface area contributed by atoms with E-state index in [0.717, 1.165) is 28.1 Å². The molecule has 27 heavy (non-hydrogen) atoms. The van der Waals surface area contributed by atoms with E-state index in [1.54, 1.807) is 4.57 Å². The molecule has 134 valence electrons. The Balaban J connectivity index is 1.59. The van der Waals surface area contributed by atoms with Crippen LogP contribution in [0.25, 0.3) is 6.08 Å². The van der Waals surface area contributed by atoms with Crippen LogP contribution in [0.1, 0.15) is 28.5 Å². The van der Waals surface area contributed by atoms with E-state index < -0.39 is 0 Å². The molecule has 0 unspecified atom stereocenters. The predicted molar refractivity (Wildman–Crippen MR) is 104 cm³/mol. The number of ether oxygens (including phenoxy) is 2. The Hall–Kier alpha value is -3.27. The Labute approximate surface area is 157 Å². The third-order valence-electron chi connectivity index (χ3n) is 5.20. The quantitative estimate of drug-likeness (QED) is 0.693. The molecule has 0 aliphatic carbocycles. The predicted octanol–water partition coefficient (Wildman–Crippen LogP) is 4.11. The van der Waals surface area contributed by atoms with Gasteiger partial charge in [0.25, 0.3) is 5.56 Å². The number of fused-ring (bicyclic) bond motifs is 4. The summed E-state index contributed by atoms with van der Waals surface area (Å²) in [6, 6.07) is 19.9. The second kappa shape index (κ2) is 6.16. The highest BCUT2D eigenvalue weighted by Crippen LogP contribution is 2.42. The molecule has 1 atom stereocenters. The van der Waals surface area contributed by atoms with Gasteiger partial charge in [-0.1, -0.05) is 48.5 Å². The summed E-state index contributed by atoms with van der Waals surface area (Å²) in [5.41, 5.74) is 4.55. The van der Waals surface area contributed by atoms with Gasteiger partial charge in [0.15, 0.2) is 6.10 Å². The Kier molecular flexibility index (Phi) is 3.64. The van der Waals surface area contributed by atoms with Gasteiger partial charge in [-0.15, -0.1) is 0 Å². The van der Waals surface area contributed by atoms with Gasteiger partial charge in [0.05, 0.1) is 12.1 Å². The molecule has 5 rings (SSSR count). The first-order valence-electron chi connectivity index (χ1n) is 9.08. The van der Waals surface area contributed by atoms with Crippen LogP contribution in [0.3, 0.4) is 0 Å². The molecule has 4 nitrogen and oxygen atoms in total. The Morgan fingerprint density at radius 1 is 1.04 bits per heavy atom. The lowest BCUT2D eigenvalue weighted by Crippen LogP contribution is -2.30. The van der Waals surface area contributed by atoms with E-state index in [1.165, 1.54) is 0 Å². The highest BCUT2D eigenvalue weighted by molar-refractivity contribution is 5.65. The van der Waals surface area contributed by atoms with Crippen LogP contribution in [0.2, 0.25) is 0 Å². The normalized spacial score (nSPS) is 16.9. The van der Waals surface area contributed by atoms with Crippen molar-refractivity contribution < 1.29 is 9.47 Å². The number of aromatic nitrogens is 1. The summed E-state index contributed by atoms with van der Waals surface area (Å²) in [5, 5.41) is 0. The molecule has 1 aromatic heterocycles. The number of pyridine rings is 1. The second-order valence-electron chi connectivity index (χ2n) is 6.98. The lowest BCUT2D eigenvalue weighted by atomic mass is 9.94. The third-order valence-corrected chi connectivity index (χ3v) is 5.20. The highest BCUT2D eigenvalue weighted by Gasteiger charge is 2.32. The van der Waals surface area contributed by atoms with Gasteiger partial charge in [-0.3, -0.25) is 4.79 Å². The van der Waals surface area contributed by atoms with Crippen molar-refractivity contribution in [2.45, 2.75) is 19.6 Å². The minimum Gasteiger partial charge on any atom is -0.489 e. The standard InChI is InChI=1S/C23H19NO3/c1-15-11-21-19(23(25)24(15)13-16-7-3-2-4-8-16)12-17-14-26-20-10-6-5-9-18(20)22(17)27-21/h2-12,22H,13-14H2,1H3/t22-/m0/s1. The minimum absolute atomic E-state index is 0.0290. The zero-order valence-corrected chi connectivity index (χ0v) is 15.0. The molecule has 0 saturated carbocycles. The van der Waals surface area contributed by atoms with Crippen molar-refractivity contribution in [1.29, 1.82) is 0 Å². The van der Waals surface area contributed by atoms with Gasteiger partial charge in [0.2, 0.25) is 0 Å². The molecular weight excluding hydrogens is 338 g/mol. The first kappa shape index (κ1) is 15.9. The second-order valence-corrected chi connectivity index (χ2v) is 6.98. The minimum atomic E-state index is -0.189. The van der Waals surface area contributed by atoms with Gasteiger partial charge in [0, 0.05) is 22.9 Å². The lowest BCUT2D eigenvalue weighted by molar-refractivity contribution is 0.188. The molecule has 3 heterocycles. The number of hydrogen-bond acceptors (Lipinski definition) is 3. The number of nitrogens with zero attached hydrogens (tertiary/aromatic N) is 1. The summed E-state index contributed by atoms with van der Waals surface area (Å²) < 4.78 is 13.9. The van der Waals surface area contributed by atoms with E-state index >= 15 is 0 Å². The van der Waals surface area contributed by atoms with Crippen molar-refractivity contribution in [2.24, 2.45) is 0 Å². The van der Waals surface area contributed by atoms with Crippen molar-refractivity contribution in [3.63, 3.8) is 0 Å². The van der Waals surface area contributed by atoms with Crippen LogP contribution < -0.4 is 15.0 Å². The summed E-state index contributed by atoms with van der Waals surface area (Å²) in [6.45, 7) is 2.93. The Bertz CT molecular complexity index is 1110. The van der Waals surface area contributed by atoms with Gasteiger partial charge >= 0.3 is 0 Å². The zero-order valence-electron chi connectivity index (χ0n) is 15.0. The molecule has 0 saturated heterocycles. The molecule has 4 heteroatoms. The molecule has 0 radical (unpaired) electrons. The number of aryl methyl sites for hydroxylation is 1. The largest absolute Gasteiger partial charge is 0.489 e. The van der Waals surface area contributed by atoms with E-state index in [-0.39, 0.29) is 11.7 Å². The highest BCUT2D eigenvalue weighted by atomic mass is 16.5. The zero-order chi connectivity index (χ0) is 18.4. The maximum atomic E-state index is 13.2. The fourth-order valence-electron chi connectivity index (χ4n) is 3.78. The number of rotatable bonds is 2. The average Bonchev–Trinajstić information content (AvgIpc) is 2.71. The van der Waals surface area contributed by atoms with Crippen LogP contribution in [0.15, 0.2) is 71.0 Å². The van der Waals surface area contributed by atoms with Gasteiger partial charge < -0.3 is 14.0 Å². The molecule has 0 spiro atoms. The van der Waals surface area contributed by atoms with Crippen LogP contribution in [0, 0.1) is 6.92 Å². The molecule has 0 bridgehead atoms. The van der Waals surface area contributed by atoms with Crippen LogP contribution >= 0.6 is 0 Å². The van der Waals surface area contributed by atoms with E-state index in [4.69, 9.17) is 9.47 Å². The maximum Gasteiger partial charge on any atom is 0.262 e. The fourth-order valence-corrected chi connectivity index (χ4v) is 3.78.